The summed E-state index contributed by atoms with van der Waals surface area (Å²) < 4.78 is 5.62. The third-order valence-corrected chi connectivity index (χ3v) is 3.39. The first kappa shape index (κ1) is 12.8. The Labute approximate surface area is 108 Å². The van der Waals surface area contributed by atoms with E-state index >= 15 is 0 Å². The summed E-state index contributed by atoms with van der Waals surface area (Å²) in [7, 11) is 0. The molecule has 1 aliphatic rings. The first-order valence-electron chi connectivity index (χ1n) is 6.71. The Hall–Kier alpha value is -1.63. The van der Waals surface area contributed by atoms with E-state index in [1.807, 2.05) is 13.8 Å². The summed E-state index contributed by atoms with van der Waals surface area (Å²) in [6, 6.07) is 2.22. The SMILES string of the molecule is CCc1nnc(OCCC2CC2)c(C#N)c1CC. The highest BCUT2D eigenvalue weighted by molar-refractivity contribution is 5.46. The lowest BCUT2D eigenvalue weighted by Gasteiger charge is -2.11. The van der Waals surface area contributed by atoms with E-state index in [4.69, 9.17) is 4.74 Å². The minimum absolute atomic E-state index is 0.409. The molecule has 0 spiro atoms. The molecule has 1 aromatic heterocycles. The van der Waals surface area contributed by atoms with Crippen molar-refractivity contribution in [3.63, 3.8) is 0 Å². The molecule has 96 valence electrons. The molecule has 1 aromatic rings. The average molecular weight is 245 g/mol. The van der Waals surface area contributed by atoms with Crippen LogP contribution in [0.5, 0.6) is 5.88 Å². The molecule has 1 fully saturated rings. The smallest absolute Gasteiger partial charge is 0.251 e. The second kappa shape index (κ2) is 5.81. The second-order valence-electron chi connectivity index (χ2n) is 4.70. The van der Waals surface area contributed by atoms with Crippen molar-refractivity contribution in [1.82, 2.24) is 10.2 Å². The maximum atomic E-state index is 9.27. The number of rotatable bonds is 6. The number of nitrogens with zero attached hydrogens (tertiary/aromatic N) is 3. The summed E-state index contributed by atoms with van der Waals surface area (Å²) in [5, 5.41) is 17.5. The molecule has 0 bridgehead atoms. The summed E-state index contributed by atoms with van der Waals surface area (Å²) in [5.74, 6) is 1.23. The molecule has 4 nitrogen and oxygen atoms in total. The minimum Gasteiger partial charge on any atom is -0.476 e. The standard InChI is InChI=1S/C14H19N3O/c1-3-11-12(9-15)14(17-16-13(11)4-2)18-8-7-10-5-6-10/h10H,3-8H2,1-2H3. The van der Waals surface area contributed by atoms with Crippen molar-refractivity contribution in [3.8, 4) is 11.9 Å². The highest BCUT2D eigenvalue weighted by atomic mass is 16.5. The van der Waals surface area contributed by atoms with Crippen LogP contribution in [0.4, 0.5) is 0 Å². The molecular formula is C14H19N3O. The van der Waals surface area contributed by atoms with Gasteiger partial charge in [0.1, 0.15) is 11.6 Å². The summed E-state index contributed by atoms with van der Waals surface area (Å²) in [5.41, 5.74) is 2.46. The van der Waals surface area contributed by atoms with Crippen molar-refractivity contribution in [2.24, 2.45) is 5.92 Å². The van der Waals surface area contributed by atoms with Gasteiger partial charge in [0.2, 0.25) is 0 Å². The number of aryl methyl sites for hydroxylation is 1. The molecule has 0 unspecified atom stereocenters. The van der Waals surface area contributed by atoms with Gasteiger partial charge in [0.25, 0.3) is 5.88 Å². The third-order valence-electron chi connectivity index (χ3n) is 3.39. The fourth-order valence-electron chi connectivity index (χ4n) is 2.10. The van der Waals surface area contributed by atoms with Crippen LogP contribution in [0.3, 0.4) is 0 Å². The molecule has 18 heavy (non-hydrogen) atoms. The zero-order valence-electron chi connectivity index (χ0n) is 11.1. The molecule has 0 saturated heterocycles. The molecule has 0 atom stereocenters. The average Bonchev–Trinajstić information content (AvgIpc) is 3.21. The number of ether oxygens (including phenoxy) is 1. The highest BCUT2D eigenvalue weighted by Crippen LogP contribution is 2.32. The van der Waals surface area contributed by atoms with Gasteiger partial charge in [0, 0.05) is 0 Å². The molecule has 0 amide bonds. The highest BCUT2D eigenvalue weighted by Gasteiger charge is 2.21. The van der Waals surface area contributed by atoms with Crippen molar-refractivity contribution < 1.29 is 4.74 Å². The van der Waals surface area contributed by atoms with Crippen LogP contribution in [0.15, 0.2) is 0 Å². The monoisotopic (exact) mass is 245 g/mol. The lowest BCUT2D eigenvalue weighted by atomic mass is 10.0. The van der Waals surface area contributed by atoms with Crippen LogP contribution in [0.2, 0.25) is 0 Å². The van der Waals surface area contributed by atoms with Crippen LogP contribution >= 0.6 is 0 Å². The fourth-order valence-corrected chi connectivity index (χ4v) is 2.10. The number of aromatic nitrogens is 2. The van der Waals surface area contributed by atoms with Gasteiger partial charge in [-0.1, -0.05) is 26.7 Å². The van der Waals surface area contributed by atoms with Gasteiger partial charge in [0.15, 0.2) is 0 Å². The Bertz CT molecular complexity index is 461. The molecule has 1 aliphatic carbocycles. The van der Waals surface area contributed by atoms with Crippen molar-refractivity contribution in [2.75, 3.05) is 6.61 Å². The van der Waals surface area contributed by atoms with Crippen molar-refractivity contribution in [3.05, 3.63) is 16.8 Å². The number of hydrogen-bond acceptors (Lipinski definition) is 4. The van der Waals surface area contributed by atoms with Gasteiger partial charge in [-0.05, 0) is 30.7 Å². The normalized spacial score (nSPS) is 14.3. The van der Waals surface area contributed by atoms with E-state index in [1.165, 1.54) is 12.8 Å². The Balaban J connectivity index is 2.15. The molecule has 1 heterocycles. The van der Waals surface area contributed by atoms with Gasteiger partial charge in [-0.15, -0.1) is 5.10 Å². The van der Waals surface area contributed by atoms with E-state index in [0.29, 0.717) is 18.1 Å². The van der Waals surface area contributed by atoms with Crippen molar-refractivity contribution in [1.29, 1.82) is 5.26 Å². The summed E-state index contributed by atoms with van der Waals surface area (Å²) >= 11 is 0. The number of hydrogen-bond donors (Lipinski definition) is 0. The first-order valence-corrected chi connectivity index (χ1v) is 6.71. The lowest BCUT2D eigenvalue weighted by Crippen LogP contribution is -2.08. The van der Waals surface area contributed by atoms with E-state index in [-0.39, 0.29) is 0 Å². The van der Waals surface area contributed by atoms with Crippen LogP contribution in [-0.4, -0.2) is 16.8 Å². The minimum atomic E-state index is 0.409. The molecule has 0 aromatic carbocycles. The fraction of sp³-hybridized carbons (Fsp3) is 0.643. The molecular weight excluding hydrogens is 226 g/mol. The molecule has 2 rings (SSSR count). The Morgan fingerprint density at radius 2 is 2.06 bits per heavy atom. The summed E-state index contributed by atoms with van der Waals surface area (Å²) in [6.45, 7) is 4.70. The zero-order valence-corrected chi connectivity index (χ0v) is 11.1. The number of nitriles is 1. The van der Waals surface area contributed by atoms with Crippen molar-refractivity contribution >= 4 is 0 Å². The predicted octanol–water partition coefficient (Wildman–Crippen LogP) is 2.65. The van der Waals surface area contributed by atoms with E-state index < -0.39 is 0 Å². The van der Waals surface area contributed by atoms with Crippen LogP contribution in [0.1, 0.15) is 49.9 Å². The van der Waals surface area contributed by atoms with E-state index in [9.17, 15) is 5.26 Å². The van der Waals surface area contributed by atoms with E-state index in [0.717, 1.165) is 36.4 Å². The van der Waals surface area contributed by atoms with Crippen LogP contribution in [0.25, 0.3) is 0 Å². The largest absolute Gasteiger partial charge is 0.476 e. The topological polar surface area (TPSA) is 58.8 Å². The zero-order chi connectivity index (χ0) is 13.0. The predicted molar refractivity (Wildman–Crippen MR) is 68.3 cm³/mol. The van der Waals surface area contributed by atoms with Gasteiger partial charge in [-0.3, -0.25) is 0 Å². The van der Waals surface area contributed by atoms with E-state index in [2.05, 4.69) is 16.3 Å². The third kappa shape index (κ3) is 2.79. The first-order chi connectivity index (χ1) is 8.80. The Kier molecular flexibility index (Phi) is 4.14. The molecule has 0 N–H and O–H groups in total. The van der Waals surface area contributed by atoms with Crippen molar-refractivity contribution in [2.45, 2.75) is 46.0 Å². The van der Waals surface area contributed by atoms with Crippen LogP contribution in [-0.2, 0) is 12.8 Å². The maximum Gasteiger partial charge on any atom is 0.251 e. The van der Waals surface area contributed by atoms with Gasteiger partial charge in [-0.25, -0.2) is 0 Å². The Morgan fingerprint density at radius 3 is 2.61 bits per heavy atom. The molecule has 0 aliphatic heterocycles. The Morgan fingerprint density at radius 1 is 1.28 bits per heavy atom. The summed E-state index contributed by atoms with van der Waals surface area (Å²) in [4.78, 5) is 0. The van der Waals surface area contributed by atoms with Gasteiger partial charge < -0.3 is 4.74 Å². The molecule has 4 heteroatoms. The van der Waals surface area contributed by atoms with Crippen LogP contribution in [0, 0.1) is 17.2 Å². The maximum absolute atomic E-state index is 9.27. The molecule has 0 radical (unpaired) electrons. The summed E-state index contributed by atoms with van der Waals surface area (Å²) in [6.07, 6.45) is 5.28. The second-order valence-corrected chi connectivity index (χ2v) is 4.70. The van der Waals surface area contributed by atoms with Gasteiger partial charge in [0.05, 0.1) is 12.3 Å². The lowest BCUT2D eigenvalue weighted by molar-refractivity contribution is 0.286. The van der Waals surface area contributed by atoms with E-state index in [1.54, 1.807) is 0 Å². The quantitative estimate of drug-likeness (QED) is 0.773. The molecule has 1 saturated carbocycles. The van der Waals surface area contributed by atoms with Gasteiger partial charge in [-0.2, -0.15) is 10.4 Å². The van der Waals surface area contributed by atoms with Crippen LogP contribution < -0.4 is 4.74 Å². The van der Waals surface area contributed by atoms with Gasteiger partial charge >= 0.3 is 0 Å².